The van der Waals surface area contributed by atoms with Crippen LogP contribution in [0.2, 0.25) is 5.02 Å². The highest BCUT2D eigenvalue weighted by Crippen LogP contribution is 2.24. The van der Waals surface area contributed by atoms with E-state index in [1.165, 1.54) is 0 Å². The summed E-state index contributed by atoms with van der Waals surface area (Å²) in [5, 5.41) is 11.1. The highest BCUT2D eigenvalue weighted by molar-refractivity contribution is 6.31. The van der Waals surface area contributed by atoms with Gasteiger partial charge in [0, 0.05) is 28.9 Å². The van der Waals surface area contributed by atoms with Gasteiger partial charge in [-0.05, 0) is 25.5 Å². The molecule has 1 heterocycles. The van der Waals surface area contributed by atoms with E-state index in [4.69, 9.17) is 11.6 Å². The van der Waals surface area contributed by atoms with E-state index in [1.807, 2.05) is 36.7 Å². The SMILES string of the molecule is CC(N[C@H](C)c1ccccc1Cl)c1cn[nH]c1. The maximum absolute atomic E-state index is 6.17. The number of hydrogen-bond donors (Lipinski definition) is 2. The minimum Gasteiger partial charge on any atom is -0.303 e. The summed E-state index contributed by atoms with van der Waals surface area (Å²) < 4.78 is 0. The molecular formula is C13H16ClN3. The number of nitrogens with zero attached hydrogens (tertiary/aromatic N) is 1. The molecule has 0 saturated carbocycles. The molecule has 3 nitrogen and oxygen atoms in total. The first-order valence-electron chi connectivity index (χ1n) is 5.67. The van der Waals surface area contributed by atoms with Crippen LogP contribution in [0, 0.1) is 0 Å². The molecule has 4 heteroatoms. The predicted octanol–water partition coefficient (Wildman–Crippen LogP) is 3.47. The molecule has 1 unspecified atom stereocenters. The van der Waals surface area contributed by atoms with Crippen LogP contribution in [0.5, 0.6) is 0 Å². The molecule has 1 aromatic carbocycles. The maximum atomic E-state index is 6.17. The van der Waals surface area contributed by atoms with E-state index in [9.17, 15) is 0 Å². The summed E-state index contributed by atoms with van der Waals surface area (Å²) in [7, 11) is 0. The van der Waals surface area contributed by atoms with Crippen molar-refractivity contribution in [3.05, 3.63) is 52.8 Å². The van der Waals surface area contributed by atoms with E-state index < -0.39 is 0 Å². The number of benzene rings is 1. The van der Waals surface area contributed by atoms with Crippen LogP contribution < -0.4 is 5.32 Å². The Morgan fingerprint density at radius 1 is 1.24 bits per heavy atom. The van der Waals surface area contributed by atoms with Gasteiger partial charge in [0.05, 0.1) is 6.20 Å². The first-order valence-corrected chi connectivity index (χ1v) is 6.05. The monoisotopic (exact) mass is 249 g/mol. The van der Waals surface area contributed by atoms with Crippen molar-refractivity contribution in [2.45, 2.75) is 25.9 Å². The Morgan fingerprint density at radius 3 is 2.65 bits per heavy atom. The molecule has 2 N–H and O–H groups in total. The Hall–Kier alpha value is -1.32. The summed E-state index contributed by atoms with van der Waals surface area (Å²) in [6, 6.07) is 8.34. The van der Waals surface area contributed by atoms with Gasteiger partial charge in [-0.2, -0.15) is 5.10 Å². The molecule has 0 bridgehead atoms. The summed E-state index contributed by atoms with van der Waals surface area (Å²) in [5.41, 5.74) is 2.26. The van der Waals surface area contributed by atoms with Crippen LogP contribution >= 0.6 is 11.6 Å². The van der Waals surface area contributed by atoms with Gasteiger partial charge in [-0.25, -0.2) is 0 Å². The average Bonchev–Trinajstić information content (AvgIpc) is 2.82. The van der Waals surface area contributed by atoms with Crippen molar-refractivity contribution in [3.63, 3.8) is 0 Å². The van der Waals surface area contributed by atoms with Gasteiger partial charge in [-0.15, -0.1) is 0 Å². The number of hydrogen-bond acceptors (Lipinski definition) is 2. The second-order valence-electron chi connectivity index (χ2n) is 4.16. The van der Waals surface area contributed by atoms with E-state index in [1.54, 1.807) is 0 Å². The van der Waals surface area contributed by atoms with Crippen molar-refractivity contribution >= 4 is 11.6 Å². The van der Waals surface area contributed by atoms with Gasteiger partial charge in [0.15, 0.2) is 0 Å². The van der Waals surface area contributed by atoms with Crippen molar-refractivity contribution in [2.75, 3.05) is 0 Å². The van der Waals surface area contributed by atoms with Crippen LogP contribution in [0.25, 0.3) is 0 Å². The second-order valence-corrected chi connectivity index (χ2v) is 4.57. The van der Waals surface area contributed by atoms with Gasteiger partial charge in [-0.1, -0.05) is 29.8 Å². The quantitative estimate of drug-likeness (QED) is 0.871. The molecule has 0 aliphatic carbocycles. The van der Waals surface area contributed by atoms with Crippen molar-refractivity contribution in [3.8, 4) is 0 Å². The fourth-order valence-corrected chi connectivity index (χ4v) is 2.18. The molecule has 0 saturated heterocycles. The molecule has 2 aromatic rings. The summed E-state index contributed by atoms with van der Waals surface area (Å²) >= 11 is 6.17. The van der Waals surface area contributed by atoms with Gasteiger partial charge in [0.25, 0.3) is 0 Å². The summed E-state index contributed by atoms with van der Waals surface area (Å²) in [6.45, 7) is 4.22. The third-order valence-electron chi connectivity index (χ3n) is 2.89. The maximum Gasteiger partial charge on any atom is 0.0534 e. The lowest BCUT2D eigenvalue weighted by Crippen LogP contribution is -2.22. The number of halogens is 1. The Bertz CT molecular complexity index is 467. The molecule has 0 radical (unpaired) electrons. The zero-order valence-corrected chi connectivity index (χ0v) is 10.7. The van der Waals surface area contributed by atoms with Crippen LogP contribution in [-0.2, 0) is 0 Å². The average molecular weight is 250 g/mol. The van der Waals surface area contributed by atoms with Crippen LogP contribution in [-0.4, -0.2) is 10.2 Å². The number of aromatic amines is 1. The van der Waals surface area contributed by atoms with Gasteiger partial charge in [0.1, 0.15) is 0 Å². The molecule has 0 aliphatic rings. The van der Waals surface area contributed by atoms with Gasteiger partial charge < -0.3 is 5.32 Å². The van der Waals surface area contributed by atoms with E-state index in [0.29, 0.717) is 0 Å². The zero-order chi connectivity index (χ0) is 12.3. The first-order chi connectivity index (χ1) is 8.18. The summed E-state index contributed by atoms with van der Waals surface area (Å²) in [6.07, 6.45) is 3.73. The Kier molecular flexibility index (Phi) is 3.82. The number of rotatable bonds is 4. The van der Waals surface area contributed by atoms with Gasteiger partial charge >= 0.3 is 0 Å². The van der Waals surface area contributed by atoms with Crippen LogP contribution in [0.15, 0.2) is 36.7 Å². The summed E-state index contributed by atoms with van der Waals surface area (Å²) in [4.78, 5) is 0. The van der Waals surface area contributed by atoms with Crippen molar-refractivity contribution in [1.82, 2.24) is 15.5 Å². The number of aromatic nitrogens is 2. The van der Waals surface area contributed by atoms with Crippen LogP contribution in [0.1, 0.15) is 37.1 Å². The lowest BCUT2D eigenvalue weighted by atomic mass is 10.1. The third kappa shape index (κ3) is 2.87. The van der Waals surface area contributed by atoms with E-state index in [2.05, 4.69) is 29.4 Å². The standard InChI is InChI=1S/C13H16ClN3/c1-9(11-7-15-16-8-11)17-10(2)12-5-3-4-6-13(12)14/h3-10,17H,1-2H3,(H,15,16)/t9?,10-/m1/s1. The predicted molar refractivity (Wildman–Crippen MR) is 70.0 cm³/mol. The number of H-pyrrole nitrogens is 1. The minimum atomic E-state index is 0.202. The Morgan fingerprint density at radius 2 is 2.00 bits per heavy atom. The molecule has 90 valence electrons. The second kappa shape index (κ2) is 5.34. The lowest BCUT2D eigenvalue weighted by Gasteiger charge is -2.20. The van der Waals surface area contributed by atoms with Gasteiger partial charge in [0.2, 0.25) is 0 Å². The smallest absolute Gasteiger partial charge is 0.0534 e. The molecule has 0 amide bonds. The fraction of sp³-hybridized carbons (Fsp3) is 0.308. The topological polar surface area (TPSA) is 40.7 Å². The Balaban J connectivity index is 2.07. The molecule has 17 heavy (non-hydrogen) atoms. The van der Waals surface area contributed by atoms with E-state index in [0.717, 1.165) is 16.1 Å². The Labute approximate surface area is 106 Å². The van der Waals surface area contributed by atoms with E-state index >= 15 is 0 Å². The summed E-state index contributed by atoms with van der Waals surface area (Å²) in [5.74, 6) is 0. The molecule has 1 aromatic heterocycles. The van der Waals surface area contributed by atoms with Crippen molar-refractivity contribution in [2.24, 2.45) is 0 Å². The zero-order valence-electron chi connectivity index (χ0n) is 9.94. The largest absolute Gasteiger partial charge is 0.303 e. The highest BCUT2D eigenvalue weighted by atomic mass is 35.5. The minimum absolute atomic E-state index is 0.202. The molecule has 2 rings (SSSR count). The van der Waals surface area contributed by atoms with Crippen LogP contribution in [0.4, 0.5) is 0 Å². The molecule has 2 atom stereocenters. The number of nitrogens with one attached hydrogen (secondary N) is 2. The lowest BCUT2D eigenvalue weighted by molar-refractivity contribution is 0.495. The molecule has 0 fully saturated rings. The molecule has 0 spiro atoms. The van der Waals surface area contributed by atoms with Crippen LogP contribution in [0.3, 0.4) is 0 Å². The normalized spacial score (nSPS) is 14.5. The molecular weight excluding hydrogens is 234 g/mol. The third-order valence-corrected chi connectivity index (χ3v) is 3.24. The fourth-order valence-electron chi connectivity index (χ4n) is 1.88. The highest BCUT2D eigenvalue weighted by Gasteiger charge is 2.13. The van der Waals surface area contributed by atoms with E-state index in [-0.39, 0.29) is 12.1 Å². The van der Waals surface area contributed by atoms with Crippen molar-refractivity contribution < 1.29 is 0 Å². The van der Waals surface area contributed by atoms with Crippen molar-refractivity contribution in [1.29, 1.82) is 0 Å². The van der Waals surface area contributed by atoms with Gasteiger partial charge in [-0.3, -0.25) is 5.10 Å². The molecule has 0 aliphatic heterocycles. The first kappa shape index (κ1) is 12.1.